The summed E-state index contributed by atoms with van der Waals surface area (Å²) in [6.45, 7) is 1.24. The molecule has 2 aliphatic rings. The van der Waals surface area contributed by atoms with Crippen molar-refractivity contribution in [3.8, 4) is 0 Å². The maximum atomic E-state index is 13.0. The molecule has 2 fully saturated rings. The molecule has 2 aliphatic heterocycles. The summed E-state index contributed by atoms with van der Waals surface area (Å²) in [6.07, 6.45) is -3.66. The van der Waals surface area contributed by atoms with E-state index in [-0.39, 0.29) is 36.5 Å². The Morgan fingerprint density at radius 2 is 1.80 bits per heavy atom. The fourth-order valence-corrected chi connectivity index (χ4v) is 4.08. The number of amides is 2. The molecule has 158 valence electrons. The summed E-state index contributed by atoms with van der Waals surface area (Å²) in [6, 6.07) is 14.5. The van der Waals surface area contributed by atoms with Crippen molar-refractivity contribution in [2.75, 3.05) is 29.9 Å². The van der Waals surface area contributed by atoms with Crippen molar-refractivity contribution >= 4 is 23.2 Å². The van der Waals surface area contributed by atoms with Crippen LogP contribution in [0.25, 0.3) is 0 Å². The Bertz CT molecular complexity index is 933. The van der Waals surface area contributed by atoms with Crippen molar-refractivity contribution in [1.29, 1.82) is 0 Å². The Balaban J connectivity index is 1.39. The van der Waals surface area contributed by atoms with Gasteiger partial charge in [-0.15, -0.1) is 0 Å². The number of halogens is 3. The number of para-hydroxylation sites is 1. The molecule has 2 atom stereocenters. The summed E-state index contributed by atoms with van der Waals surface area (Å²) in [4.78, 5) is 28.4. The zero-order valence-corrected chi connectivity index (χ0v) is 16.2. The number of nitrogens with zero attached hydrogens (tertiary/aromatic N) is 2. The Morgan fingerprint density at radius 3 is 2.53 bits per heavy atom. The first kappa shape index (κ1) is 20.3. The summed E-state index contributed by atoms with van der Waals surface area (Å²) in [5, 5.41) is 3.40. The van der Waals surface area contributed by atoms with Gasteiger partial charge in [-0.1, -0.05) is 24.3 Å². The molecule has 30 heavy (non-hydrogen) atoms. The van der Waals surface area contributed by atoms with Gasteiger partial charge in [0.05, 0.1) is 11.5 Å². The molecule has 2 heterocycles. The molecule has 1 N–H and O–H groups in total. The molecule has 0 bridgehead atoms. The van der Waals surface area contributed by atoms with E-state index < -0.39 is 17.7 Å². The number of rotatable bonds is 4. The first-order chi connectivity index (χ1) is 14.3. The van der Waals surface area contributed by atoms with Gasteiger partial charge in [-0.25, -0.2) is 0 Å². The van der Waals surface area contributed by atoms with Crippen LogP contribution in [0.2, 0.25) is 0 Å². The van der Waals surface area contributed by atoms with E-state index in [2.05, 4.69) is 5.32 Å². The van der Waals surface area contributed by atoms with Crippen molar-refractivity contribution in [1.82, 2.24) is 4.90 Å². The third-order valence-corrected chi connectivity index (χ3v) is 5.60. The van der Waals surface area contributed by atoms with Crippen LogP contribution in [-0.2, 0) is 15.8 Å². The van der Waals surface area contributed by atoms with Gasteiger partial charge in [0.1, 0.15) is 0 Å². The van der Waals surface area contributed by atoms with Gasteiger partial charge in [-0.05, 0) is 36.8 Å². The van der Waals surface area contributed by atoms with Gasteiger partial charge in [0.2, 0.25) is 11.8 Å². The van der Waals surface area contributed by atoms with Crippen LogP contribution in [0.3, 0.4) is 0 Å². The van der Waals surface area contributed by atoms with E-state index in [4.69, 9.17) is 0 Å². The van der Waals surface area contributed by atoms with Gasteiger partial charge in [0.15, 0.2) is 0 Å². The highest BCUT2D eigenvalue weighted by molar-refractivity contribution is 6.00. The Hall–Kier alpha value is -3.03. The highest BCUT2D eigenvalue weighted by Crippen LogP contribution is 2.34. The maximum absolute atomic E-state index is 13.0. The number of nitrogens with one attached hydrogen (secondary N) is 1. The van der Waals surface area contributed by atoms with Crippen LogP contribution in [0, 0.1) is 5.92 Å². The number of anilines is 2. The lowest BCUT2D eigenvalue weighted by Crippen LogP contribution is -2.37. The smallest absolute Gasteiger partial charge is 0.380 e. The lowest BCUT2D eigenvalue weighted by Gasteiger charge is -2.22. The monoisotopic (exact) mass is 417 g/mol. The summed E-state index contributed by atoms with van der Waals surface area (Å²) >= 11 is 0. The molecule has 2 aromatic carbocycles. The highest BCUT2D eigenvalue weighted by atomic mass is 19.4. The zero-order valence-electron chi connectivity index (χ0n) is 16.2. The van der Waals surface area contributed by atoms with Crippen molar-refractivity contribution in [2.24, 2.45) is 5.92 Å². The lowest BCUT2D eigenvalue weighted by molar-refractivity contribution is -0.137. The number of hydrogen-bond acceptors (Lipinski definition) is 3. The first-order valence-corrected chi connectivity index (χ1v) is 9.89. The van der Waals surface area contributed by atoms with Crippen molar-refractivity contribution in [2.45, 2.75) is 25.1 Å². The molecule has 2 unspecified atom stereocenters. The van der Waals surface area contributed by atoms with E-state index >= 15 is 0 Å². The number of alkyl halides is 3. The summed E-state index contributed by atoms with van der Waals surface area (Å²) < 4.78 is 39.0. The predicted molar refractivity (Wildman–Crippen MR) is 107 cm³/mol. The van der Waals surface area contributed by atoms with Crippen molar-refractivity contribution in [3.05, 3.63) is 60.2 Å². The Morgan fingerprint density at radius 1 is 1.03 bits per heavy atom. The molecule has 8 heteroatoms. The second-order valence-corrected chi connectivity index (χ2v) is 7.73. The predicted octanol–water partition coefficient (Wildman–Crippen LogP) is 3.77. The van der Waals surface area contributed by atoms with Crippen molar-refractivity contribution < 1.29 is 22.8 Å². The van der Waals surface area contributed by atoms with Gasteiger partial charge >= 0.3 is 6.18 Å². The number of carbonyl (C=O) groups excluding carboxylic acids is 2. The molecule has 2 aromatic rings. The molecule has 0 radical (unpaired) electrons. The van der Waals surface area contributed by atoms with Gasteiger partial charge in [-0.2, -0.15) is 13.2 Å². The number of hydrogen-bond donors (Lipinski definition) is 1. The third kappa shape index (κ3) is 4.27. The molecule has 2 amide bonds. The molecule has 5 nitrogen and oxygen atoms in total. The first-order valence-electron chi connectivity index (χ1n) is 9.89. The molecule has 2 saturated heterocycles. The molecule has 0 aliphatic carbocycles. The van der Waals surface area contributed by atoms with Gasteiger partial charge in [0.25, 0.3) is 0 Å². The minimum absolute atomic E-state index is 0.0162. The number of benzene rings is 2. The standard InChI is InChI=1S/C22H22F3N3O2/c23-22(24,25)16-5-4-8-19(12-16)28-13-15(11-20(28)29)21(30)27-10-9-18(14-27)26-17-6-2-1-3-7-17/h1-8,12,15,18,26H,9-11,13-14H2. The van der Waals surface area contributed by atoms with Crippen LogP contribution in [0.1, 0.15) is 18.4 Å². The van der Waals surface area contributed by atoms with E-state index in [1.807, 2.05) is 30.3 Å². The molecule has 0 aromatic heterocycles. The second kappa shape index (κ2) is 8.01. The second-order valence-electron chi connectivity index (χ2n) is 7.73. The summed E-state index contributed by atoms with van der Waals surface area (Å²) in [5.41, 5.74) is 0.357. The summed E-state index contributed by atoms with van der Waals surface area (Å²) in [7, 11) is 0. The van der Waals surface area contributed by atoms with Crippen LogP contribution >= 0.6 is 0 Å². The molecule has 4 rings (SSSR count). The third-order valence-electron chi connectivity index (χ3n) is 5.60. The van der Waals surface area contributed by atoms with Crippen LogP contribution in [-0.4, -0.2) is 42.4 Å². The minimum atomic E-state index is -4.48. The molecule has 0 spiro atoms. The van der Waals surface area contributed by atoms with E-state index in [1.165, 1.54) is 17.0 Å². The molecular formula is C22H22F3N3O2. The topological polar surface area (TPSA) is 52.7 Å². The molecular weight excluding hydrogens is 395 g/mol. The van der Waals surface area contributed by atoms with E-state index in [9.17, 15) is 22.8 Å². The summed E-state index contributed by atoms with van der Waals surface area (Å²) in [5.74, 6) is -0.983. The van der Waals surface area contributed by atoms with Crippen molar-refractivity contribution in [3.63, 3.8) is 0 Å². The van der Waals surface area contributed by atoms with Crippen LogP contribution in [0.5, 0.6) is 0 Å². The normalized spacial score (nSPS) is 21.9. The zero-order chi connectivity index (χ0) is 21.3. The average Bonchev–Trinajstić information content (AvgIpc) is 3.34. The lowest BCUT2D eigenvalue weighted by atomic mass is 10.1. The van der Waals surface area contributed by atoms with Crippen LogP contribution in [0.4, 0.5) is 24.5 Å². The number of likely N-dealkylation sites (tertiary alicyclic amines) is 1. The highest BCUT2D eigenvalue weighted by Gasteiger charge is 2.40. The van der Waals surface area contributed by atoms with E-state index in [0.717, 1.165) is 24.2 Å². The SMILES string of the molecule is O=C(C1CC(=O)N(c2cccc(C(F)(F)F)c2)C1)N1CCC(Nc2ccccc2)C1. The minimum Gasteiger partial charge on any atom is -0.380 e. The van der Waals surface area contributed by atoms with Gasteiger partial charge in [-0.3, -0.25) is 9.59 Å². The van der Waals surface area contributed by atoms with Gasteiger partial charge < -0.3 is 15.1 Å². The van der Waals surface area contributed by atoms with E-state index in [1.54, 1.807) is 4.90 Å². The Labute approximate surface area is 172 Å². The van der Waals surface area contributed by atoms with E-state index in [0.29, 0.717) is 13.1 Å². The van der Waals surface area contributed by atoms with Crippen LogP contribution < -0.4 is 10.2 Å². The fraction of sp³-hybridized carbons (Fsp3) is 0.364. The maximum Gasteiger partial charge on any atom is 0.416 e. The largest absolute Gasteiger partial charge is 0.416 e. The quantitative estimate of drug-likeness (QED) is 0.824. The average molecular weight is 417 g/mol. The van der Waals surface area contributed by atoms with Crippen LogP contribution in [0.15, 0.2) is 54.6 Å². The number of carbonyl (C=O) groups is 2. The Kier molecular flexibility index (Phi) is 5.40. The van der Waals surface area contributed by atoms with Gasteiger partial charge in [0, 0.05) is 43.5 Å². The molecule has 0 saturated carbocycles. The fourth-order valence-electron chi connectivity index (χ4n) is 4.08.